The molecule has 0 saturated carbocycles. The second kappa shape index (κ2) is 5.72. The van der Waals surface area contributed by atoms with Crippen LogP contribution in [-0.4, -0.2) is 25.2 Å². The van der Waals surface area contributed by atoms with E-state index in [-0.39, 0.29) is 0 Å². The molecule has 1 aromatic carbocycles. The van der Waals surface area contributed by atoms with Crippen molar-refractivity contribution in [2.24, 2.45) is 0 Å². The third-order valence-electron chi connectivity index (χ3n) is 3.60. The Balaban J connectivity index is 1.79. The first-order valence-electron chi connectivity index (χ1n) is 6.67. The fourth-order valence-electron chi connectivity index (χ4n) is 2.44. The molecule has 0 radical (unpaired) electrons. The quantitative estimate of drug-likeness (QED) is 0.932. The zero-order chi connectivity index (χ0) is 13.1. The van der Waals surface area contributed by atoms with Crippen LogP contribution < -0.4 is 10.1 Å². The van der Waals surface area contributed by atoms with Gasteiger partial charge in [0.15, 0.2) is 0 Å². The number of hydrogen-bond donors (Lipinski definition) is 1. The molecule has 2 heterocycles. The summed E-state index contributed by atoms with van der Waals surface area (Å²) in [6, 6.07) is 8.11. The lowest BCUT2D eigenvalue weighted by Crippen LogP contribution is -2.26. The van der Waals surface area contributed by atoms with Crippen molar-refractivity contribution in [2.45, 2.75) is 18.8 Å². The van der Waals surface area contributed by atoms with Gasteiger partial charge in [0, 0.05) is 16.9 Å². The van der Waals surface area contributed by atoms with Crippen LogP contribution in [0.1, 0.15) is 23.8 Å². The standard InChI is InChI=1S/C15H18N2OS/c1-18-13-4-2-11(3-5-13)14-10-19-15(17-14)12-6-8-16-9-7-12/h2-5,10,12,16H,6-9H2,1H3. The fourth-order valence-corrected chi connectivity index (χ4v) is 3.44. The maximum Gasteiger partial charge on any atom is 0.118 e. The summed E-state index contributed by atoms with van der Waals surface area (Å²) >= 11 is 1.79. The van der Waals surface area contributed by atoms with E-state index in [1.54, 1.807) is 18.4 Å². The van der Waals surface area contributed by atoms with Gasteiger partial charge in [-0.15, -0.1) is 11.3 Å². The summed E-state index contributed by atoms with van der Waals surface area (Å²) in [5, 5.41) is 6.85. The predicted octanol–water partition coefficient (Wildman–Crippen LogP) is 3.29. The van der Waals surface area contributed by atoms with E-state index in [4.69, 9.17) is 9.72 Å². The molecule has 1 aromatic heterocycles. The Labute approximate surface area is 117 Å². The number of thiazole rings is 1. The summed E-state index contributed by atoms with van der Waals surface area (Å²) in [5.74, 6) is 1.52. The van der Waals surface area contributed by atoms with Crippen LogP contribution in [0.2, 0.25) is 0 Å². The van der Waals surface area contributed by atoms with Gasteiger partial charge in [-0.2, -0.15) is 0 Å². The highest BCUT2D eigenvalue weighted by Crippen LogP contribution is 2.31. The Kier molecular flexibility index (Phi) is 3.80. The summed E-state index contributed by atoms with van der Waals surface area (Å²) in [5.41, 5.74) is 2.25. The maximum atomic E-state index is 5.18. The van der Waals surface area contributed by atoms with Crippen molar-refractivity contribution in [1.29, 1.82) is 0 Å². The SMILES string of the molecule is COc1ccc(-c2csc(C3CCNCC3)n2)cc1. The molecular formula is C15H18N2OS. The molecule has 2 aromatic rings. The average molecular weight is 274 g/mol. The molecule has 3 rings (SSSR count). The highest BCUT2D eigenvalue weighted by atomic mass is 32.1. The van der Waals surface area contributed by atoms with Gasteiger partial charge in [0.1, 0.15) is 5.75 Å². The summed E-state index contributed by atoms with van der Waals surface area (Å²) in [6.07, 6.45) is 2.41. The van der Waals surface area contributed by atoms with Gasteiger partial charge >= 0.3 is 0 Å². The van der Waals surface area contributed by atoms with Gasteiger partial charge in [0.2, 0.25) is 0 Å². The Morgan fingerprint density at radius 2 is 1.95 bits per heavy atom. The van der Waals surface area contributed by atoms with Gasteiger partial charge in [-0.1, -0.05) is 0 Å². The molecule has 4 heteroatoms. The number of nitrogens with one attached hydrogen (secondary N) is 1. The van der Waals surface area contributed by atoms with E-state index in [0.29, 0.717) is 5.92 Å². The molecule has 0 amide bonds. The van der Waals surface area contributed by atoms with Gasteiger partial charge in [-0.05, 0) is 50.2 Å². The summed E-state index contributed by atoms with van der Waals surface area (Å²) in [6.45, 7) is 2.23. The van der Waals surface area contributed by atoms with Gasteiger partial charge in [-0.3, -0.25) is 0 Å². The van der Waals surface area contributed by atoms with Crippen LogP contribution in [0.25, 0.3) is 11.3 Å². The van der Waals surface area contributed by atoms with Crippen molar-refractivity contribution in [2.75, 3.05) is 20.2 Å². The number of rotatable bonds is 3. The number of nitrogens with zero attached hydrogens (tertiary/aromatic N) is 1. The number of aromatic nitrogens is 1. The van der Waals surface area contributed by atoms with Crippen LogP contribution in [-0.2, 0) is 0 Å². The van der Waals surface area contributed by atoms with E-state index < -0.39 is 0 Å². The van der Waals surface area contributed by atoms with E-state index in [0.717, 1.165) is 30.1 Å². The summed E-state index contributed by atoms with van der Waals surface area (Å²) in [7, 11) is 1.69. The number of methoxy groups -OCH3 is 1. The van der Waals surface area contributed by atoms with E-state index in [1.807, 2.05) is 12.1 Å². The largest absolute Gasteiger partial charge is 0.497 e. The third kappa shape index (κ3) is 2.80. The molecule has 3 nitrogen and oxygen atoms in total. The van der Waals surface area contributed by atoms with Crippen molar-refractivity contribution in [3.8, 4) is 17.0 Å². The van der Waals surface area contributed by atoms with Gasteiger partial charge in [-0.25, -0.2) is 4.98 Å². The maximum absolute atomic E-state index is 5.18. The van der Waals surface area contributed by atoms with Crippen molar-refractivity contribution in [3.05, 3.63) is 34.7 Å². The lowest BCUT2D eigenvalue weighted by Gasteiger charge is -2.20. The Morgan fingerprint density at radius 3 is 2.63 bits per heavy atom. The molecule has 1 N–H and O–H groups in total. The Bertz CT molecular complexity index is 529. The lowest BCUT2D eigenvalue weighted by atomic mass is 9.99. The zero-order valence-corrected chi connectivity index (χ0v) is 11.9. The number of benzene rings is 1. The molecule has 0 spiro atoms. The molecule has 19 heavy (non-hydrogen) atoms. The lowest BCUT2D eigenvalue weighted by molar-refractivity contribution is 0.415. The highest BCUT2D eigenvalue weighted by molar-refractivity contribution is 7.10. The predicted molar refractivity (Wildman–Crippen MR) is 78.9 cm³/mol. The minimum Gasteiger partial charge on any atom is -0.497 e. The second-order valence-electron chi connectivity index (χ2n) is 4.82. The third-order valence-corrected chi connectivity index (χ3v) is 4.60. The van der Waals surface area contributed by atoms with Crippen LogP contribution in [0.4, 0.5) is 0 Å². The topological polar surface area (TPSA) is 34.1 Å². The molecule has 0 aliphatic carbocycles. The summed E-state index contributed by atoms with van der Waals surface area (Å²) in [4.78, 5) is 4.81. The molecule has 0 atom stereocenters. The molecule has 100 valence electrons. The monoisotopic (exact) mass is 274 g/mol. The molecular weight excluding hydrogens is 256 g/mol. The van der Waals surface area contributed by atoms with Crippen molar-refractivity contribution < 1.29 is 4.74 Å². The minimum absolute atomic E-state index is 0.637. The fraction of sp³-hybridized carbons (Fsp3) is 0.400. The Hall–Kier alpha value is -1.39. The first-order chi connectivity index (χ1) is 9.36. The molecule has 1 saturated heterocycles. The van der Waals surface area contributed by atoms with Crippen LogP contribution in [0.15, 0.2) is 29.6 Å². The molecule has 1 fully saturated rings. The Morgan fingerprint density at radius 1 is 1.21 bits per heavy atom. The highest BCUT2D eigenvalue weighted by Gasteiger charge is 2.18. The number of piperidine rings is 1. The van der Waals surface area contributed by atoms with E-state index in [2.05, 4.69) is 22.8 Å². The molecule has 0 unspecified atom stereocenters. The van der Waals surface area contributed by atoms with Crippen LogP contribution >= 0.6 is 11.3 Å². The smallest absolute Gasteiger partial charge is 0.118 e. The van der Waals surface area contributed by atoms with Crippen LogP contribution in [0.5, 0.6) is 5.75 Å². The van der Waals surface area contributed by atoms with E-state index >= 15 is 0 Å². The first kappa shape index (κ1) is 12.6. The van der Waals surface area contributed by atoms with E-state index in [9.17, 15) is 0 Å². The summed E-state index contributed by atoms with van der Waals surface area (Å²) < 4.78 is 5.18. The van der Waals surface area contributed by atoms with Gasteiger partial charge in [0.05, 0.1) is 17.8 Å². The van der Waals surface area contributed by atoms with Crippen molar-refractivity contribution in [1.82, 2.24) is 10.3 Å². The van der Waals surface area contributed by atoms with Crippen LogP contribution in [0.3, 0.4) is 0 Å². The van der Waals surface area contributed by atoms with Crippen molar-refractivity contribution in [3.63, 3.8) is 0 Å². The first-order valence-corrected chi connectivity index (χ1v) is 7.55. The molecule has 0 bridgehead atoms. The molecule has 1 aliphatic rings. The minimum atomic E-state index is 0.637. The second-order valence-corrected chi connectivity index (χ2v) is 5.71. The van der Waals surface area contributed by atoms with Crippen LogP contribution in [0, 0.1) is 0 Å². The van der Waals surface area contributed by atoms with Gasteiger partial charge in [0.25, 0.3) is 0 Å². The van der Waals surface area contributed by atoms with Crippen molar-refractivity contribution >= 4 is 11.3 Å². The van der Waals surface area contributed by atoms with Gasteiger partial charge < -0.3 is 10.1 Å². The average Bonchev–Trinajstić information content (AvgIpc) is 2.98. The normalized spacial score (nSPS) is 16.5. The molecule has 1 aliphatic heterocycles. The zero-order valence-electron chi connectivity index (χ0n) is 11.1. The van der Waals surface area contributed by atoms with E-state index in [1.165, 1.54) is 17.8 Å². The number of ether oxygens (including phenoxy) is 1. The number of hydrogen-bond acceptors (Lipinski definition) is 4.